The van der Waals surface area contributed by atoms with E-state index in [2.05, 4.69) is 85.0 Å². The zero-order chi connectivity index (χ0) is 27.8. The van der Waals surface area contributed by atoms with E-state index < -0.39 is 0 Å². The van der Waals surface area contributed by atoms with Crippen molar-refractivity contribution in [1.82, 2.24) is 0 Å². The number of carbonyl (C=O) groups excluding carboxylic acids is 1. The Bertz CT molecular complexity index is 1910. The van der Waals surface area contributed by atoms with Crippen LogP contribution < -0.4 is 31.5 Å². The molecule has 5 N–H and O–H groups in total. The van der Waals surface area contributed by atoms with Gasteiger partial charge in [-0.25, -0.2) is 4.99 Å². The van der Waals surface area contributed by atoms with E-state index in [0.717, 1.165) is 80.4 Å². The van der Waals surface area contributed by atoms with E-state index in [4.69, 9.17) is 0 Å². The van der Waals surface area contributed by atoms with E-state index in [9.17, 15) is 9.90 Å². The number of allylic oxidation sites excluding steroid dienone is 2. The summed E-state index contributed by atoms with van der Waals surface area (Å²) in [6, 6.07) is 20.5. The number of anilines is 3. The Labute approximate surface area is 233 Å². The molecule has 2 aliphatic heterocycles. The van der Waals surface area contributed by atoms with Crippen LogP contribution in [0.4, 0.5) is 17.1 Å². The van der Waals surface area contributed by atoms with E-state index in [0.29, 0.717) is 11.1 Å². The zero-order valence-corrected chi connectivity index (χ0v) is 23.5. The maximum atomic E-state index is 14.0. The Morgan fingerprint density at radius 1 is 0.725 bits per heavy atom. The van der Waals surface area contributed by atoms with Crippen LogP contribution in [0.2, 0.25) is 0 Å². The van der Waals surface area contributed by atoms with Crippen molar-refractivity contribution in [2.24, 2.45) is 0 Å². The maximum Gasteiger partial charge on any atom is 0.234 e. The van der Waals surface area contributed by atoms with Gasteiger partial charge in [0.15, 0.2) is 0 Å². The minimum Gasteiger partial charge on any atom is -0.506 e. The second kappa shape index (κ2) is 8.59. The lowest BCUT2D eigenvalue weighted by molar-refractivity contribution is -0.585. The zero-order valence-electron chi connectivity index (χ0n) is 23.5. The van der Waals surface area contributed by atoms with Gasteiger partial charge in [0, 0.05) is 29.5 Å². The summed E-state index contributed by atoms with van der Waals surface area (Å²) < 4.78 is 0. The summed E-state index contributed by atoms with van der Waals surface area (Å²) in [7, 11) is 0. The highest BCUT2D eigenvalue weighted by molar-refractivity contribution is 6.52. The van der Waals surface area contributed by atoms with Crippen molar-refractivity contribution in [2.75, 3.05) is 16.0 Å². The van der Waals surface area contributed by atoms with E-state index in [1.165, 1.54) is 0 Å². The minimum atomic E-state index is -0.327. The Kier molecular flexibility index (Phi) is 5.30. The molecule has 6 heteroatoms. The number of hydrogen-bond acceptors (Lipinski definition) is 5. The van der Waals surface area contributed by atoms with Crippen LogP contribution >= 0.6 is 0 Å². The van der Waals surface area contributed by atoms with Crippen molar-refractivity contribution >= 4 is 55.5 Å². The highest BCUT2D eigenvalue weighted by Gasteiger charge is 2.41. The van der Waals surface area contributed by atoms with Crippen molar-refractivity contribution in [3.05, 3.63) is 82.6 Å². The Balaban J connectivity index is 1.50. The van der Waals surface area contributed by atoms with Crippen LogP contribution in [0.15, 0.2) is 66.4 Å². The normalized spacial score (nSPS) is 19.4. The average molecular weight is 532 g/mol. The van der Waals surface area contributed by atoms with Crippen LogP contribution in [0.25, 0.3) is 32.7 Å². The van der Waals surface area contributed by atoms with Crippen LogP contribution in [0.5, 0.6) is 0 Å². The summed E-state index contributed by atoms with van der Waals surface area (Å²) >= 11 is 0. The number of carbonyl (C=O) groups is 1. The fourth-order valence-electron chi connectivity index (χ4n) is 6.81. The third kappa shape index (κ3) is 3.22. The van der Waals surface area contributed by atoms with E-state index in [1.54, 1.807) is 0 Å². The molecule has 4 aromatic rings. The average Bonchev–Trinajstić information content (AvgIpc) is 2.99. The summed E-state index contributed by atoms with van der Waals surface area (Å²) in [5.41, 5.74) is 3.86. The fourth-order valence-corrected chi connectivity index (χ4v) is 6.81. The SMILES string of the molecule is CCC1(CC)Nc2cccc3ccc(C4=C(O)C(=c5ccc6cccc7c6c5=[NH+]C(CC)(CC)N7)C4=O)c(c23)N1. The molecule has 4 aromatic carbocycles. The molecular formula is C34H35N4O2+. The molecule has 6 nitrogen and oxygen atoms in total. The lowest BCUT2D eigenvalue weighted by Gasteiger charge is -2.41. The first-order valence-corrected chi connectivity index (χ1v) is 14.5. The molecule has 40 heavy (non-hydrogen) atoms. The van der Waals surface area contributed by atoms with E-state index >= 15 is 0 Å². The number of hydrogen-bond donors (Lipinski definition) is 5. The topological polar surface area (TPSA) is 87.4 Å². The first kappa shape index (κ1) is 24.7. The molecule has 0 saturated carbocycles. The van der Waals surface area contributed by atoms with Gasteiger partial charge in [-0.05, 0) is 41.8 Å². The summed E-state index contributed by atoms with van der Waals surface area (Å²) in [6.45, 7) is 8.62. The minimum absolute atomic E-state index is 0.0593. The molecule has 0 atom stereocenters. The molecule has 0 aromatic heterocycles. The van der Waals surface area contributed by atoms with Gasteiger partial charge in [0.05, 0.1) is 33.1 Å². The van der Waals surface area contributed by atoms with Crippen molar-refractivity contribution in [1.29, 1.82) is 0 Å². The number of benzene rings is 4. The molecule has 3 aliphatic rings. The van der Waals surface area contributed by atoms with Crippen LogP contribution in [0, 0.1) is 0 Å². The predicted octanol–water partition coefficient (Wildman–Crippen LogP) is 4.69. The number of aliphatic hydroxyl groups is 1. The van der Waals surface area contributed by atoms with Crippen molar-refractivity contribution < 1.29 is 14.9 Å². The molecule has 202 valence electrons. The molecule has 0 amide bonds. The van der Waals surface area contributed by atoms with Gasteiger partial charge in [0.25, 0.3) is 0 Å². The van der Waals surface area contributed by atoms with Gasteiger partial charge < -0.3 is 21.1 Å². The van der Waals surface area contributed by atoms with Crippen LogP contribution in [-0.4, -0.2) is 22.2 Å². The summed E-state index contributed by atoms with van der Waals surface area (Å²) in [6.07, 6.45) is 3.46. The van der Waals surface area contributed by atoms with Crippen LogP contribution in [-0.2, 0) is 4.79 Å². The Hall–Kier alpha value is -4.32. The molecule has 0 saturated heterocycles. The number of nitrogens with one attached hydrogen (secondary N) is 4. The van der Waals surface area contributed by atoms with Crippen molar-refractivity contribution in [2.45, 2.75) is 64.7 Å². The molecule has 0 fully saturated rings. The van der Waals surface area contributed by atoms with Crippen LogP contribution in [0.1, 0.15) is 58.9 Å². The number of aliphatic hydroxyl groups excluding tert-OH is 1. The van der Waals surface area contributed by atoms with Gasteiger partial charge in [0.2, 0.25) is 16.8 Å². The van der Waals surface area contributed by atoms with Gasteiger partial charge in [-0.2, -0.15) is 0 Å². The lowest BCUT2D eigenvalue weighted by Crippen LogP contribution is -2.95. The number of Topliss-reactive ketones (excluding diaryl/α,β-unsaturated/α-hetero) is 1. The molecular weight excluding hydrogens is 496 g/mol. The monoisotopic (exact) mass is 531 g/mol. The molecule has 0 radical (unpaired) electrons. The van der Waals surface area contributed by atoms with Gasteiger partial charge in [0.1, 0.15) is 11.4 Å². The maximum absolute atomic E-state index is 14.0. The fraction of sp³-hybridized carbons (Fsp3) is 0.294. The van der Waals surface area contributed by atoms with E-state index in [1.807, 2.05) is 24.3 Å². The molecule has 0 unspecified atom stereocenters. The highest BCUT2D eigenvalue weighted by Crippen LogP contribution is 2.47. The Morgan fingerprint density at radius 2 is 1.38 bits per heavy atom. The van der Waals surface area contributed by atoms with Crippen molar-refractivity contribution in [3.8, 4) is 0 Å². The first-order chi connectivity index (χ1) is 19.4. The Morgan fingerprint density at radius 3 is 2.02 bits per heavy atom. The largest absolute Gasteiger partial charge is 0.506 e. The third-order valence-corrected chi connectivity index (χ3v) is 9.45. The van der Waals surface area contributed by atoms with Crippen molar-refractivity contribution in [3.63, 3.8) is 0 Å². The molecule has 0 spiro atoms. The quantitative estimate of drug-likeness (QED) is 0.258. The van der Waals surface area contributed by atoms with Gasteiger partial charge in [-0.3, -0.25) is 4.79 Å². The predicted molar refractivity (Wildman–Crippen MR) is 163 cm³/mol. The van der Waals surface area contributed by atoms with Gasteiger partial charge in [-0.15, -0.1) is 0 Å². The molecule has 2 heterocycles. The highest BCUT2D eigenvalue weighted by atomic mass is 16.3. The van der Waals surface area contributed by atoms with Gasteiger partial charge >= 0.3 is 0 Å². The van der Waals surface area contributed by atoms with Gasteiger partial charge in [-0.1, -0.05) is 70.2 Å². The number of rotatable bonds is 5. The summed E-state index contributed by atoms with van der Waals surface area (Å²) in [5, 5.41) is 28.7. The first-order valence-electron chi connectivity index (χ1n) is 14.5. The second-order valence-electron chi connectivity index (χ2n) is 11.3. The second-order valence-corrected chi connectivity index (χ2v) is 11.3. The number of ketones is 1. The smallest absolute Gasteiger partial charge is 0.234 e. The molecule has 0 bridgehead atoms. The van der Waals surface area contributed by atoms with Crippen LogP contribution in [0.3, 0.4) is 0 Å². The summed E-state index contributed by atoms with van der Waals surface area (Å²) in [5.74, 6) is -0.0689. The lowest BCUT2D eigenvalue weighted by atomic mass is 9.79. The standard InChI is InChI=1S/C34H34N4O2/c1-5-33(6-2)35-23-13-9-11-19-15-17-21(29(37-33)25(19)23)27-31(39)28(32(27)40)22-18-16-20-12-10-14-24-26(20)30(22)38-34(7-3,8-4)36-24/h9-18,35-37,39H,5-8H2,1-4H3/p+1. The molecule has 1 aliphatic carbocycles. The third-order valence-electron chi connectivity index (χ3n) is 9.45. The molecule has 7 rings (SSSR count). The van der Waals surface area contributed by atoms with E-state index in [-0.39, 0.29) is 22.9 Å². The summed E-state index contributed by atoms with van der Waals surface area (Å²) in [4.78, 5) is 17.8.